The zero-order chi connectivity index (χ0) is 13.9. The predicted octanol–water partition coefficient (Wildman–Crippen LogP) is 2.82. The smallest absolute Gasteiger partial charge is 0.232 e. The molecule has 0 bridgehead atoms. The SMILES string of the molecule is CC1CN(C(=O)Cc2cccs2)c2ccccc2CN1. The summed E-state index contributed by atoms with van der Waals surface area (Å²) in [4.78, 5) is 15.7. The van der Waals surface area contributed by atoms with Crippen LogP contribution in [0.2, 0.25) is 0 Å². The van der Waals surface area contributed by atoms with Gasteiger partial charge in [0.15, 0.2) is 0 Å². The first-order valence-electron chi connectivity index (χ1n) is 6.88. The number of nitrogens with one attached hydrogen (secondary N) is 1. The van der Waals surface area contributed by atoms with Crippen molar-refractivity contribution in [1.29, 1.82) is 0 Å². The molecule has 1 aliphatic heterocycles. The minimum absolute atomic E-state index is 0.176. The van der Waals surface area contributed by atoms with Gasteiger partial charge in [0.05, 0.1) is 6.42 Å². The average molecular weight is 286 g/mol. The maximum absolute atomic E-state index is 12.6. The van der Waals surface area contributed by atoms with Crippen LogP contribution in [-0.4, -0.2) is 18.5 Å². The molecule has 1 amide bonds. The van der Waals surface area contributed by atoms with Crippen molar-refractivity contribution in [1.82, 2.24) is 5.32 Å². The van der Waals surface area contributed by atoms with Gasteiger partial charge < -0.3 is 10.2 Å². The van der Waals surface area contributed by atoms with Crippen molar-refractivity contribution in [3.05, 3.63) is 52.2 Å². The summed E-state index contributed by atoms with van der Waals surface area (Å²) in [7, 11) is 0. The van der Waals surface area contributed by atoms with E-state index < -0.39 is 0 Å². The van der Waals surface area contributed by atoms with Gasteiger partial charge >= 0.3 is 0 Å². The summed E-state index contributed by atoms with van der Waals surface area (Å²) in [5, 5.41) is 5.47. The molecular weight excluding hydrogens is 268 g/mol. The Labute approximate surface area is 123 Å². The van der Waals surface area contributed by atoms with Gasteiger partial charge in [0.25, 0.3) is 0 Å². The fraction of sp³-hybridized carbons (Fsp3) is 0.312. The van der Waals surface area contributed by atoms with Crippen LogP contribution in [0.5, 0.6) is 0 Å². The molecule has 1 aromatic carbocycles. The Kier molecular flexibility index (Phi) is 3.85. The maximum atomic E-state index is 12.6. The second-order valence-electron chi connectivity index (χ2n) is 5.17. The first kappa shape index (κ1) is 13.3. The minimum atomic E-state index is 0.176. The lowest BCUT2D eigenvalue weighted by atomic mass is 10.1. The van der Waals surface area contributed by atoms with E-state index in [1.54, 1.807) is 11.3 Å². The second kappa shape index (κ2) is 5.77. The lowest BCUT2D eigenvalue weighted by Crippen LogP contribution is -2.40. The molecule has 0 fully saturated rings. The number of amides is 1. The van der Waals surface area contributed by atoms with Crippen LogP contribution in [0.4, 0.5) is 5.69 Å². The third-order valence-electron chi connectivity index (χ3n) is 3.59. The molecule has 1 aliphatic rings. The van der Waals surface area contributed by atoms with Crippen molar-refractivity contribution in [3.63, 3.8) is 0 Å². The number of fused-ring (bicyclic) bond motifs is 1. The molecule has 3 rings (SSSR count). The Morgan fingerprint density at radius 1 is 1.35 bits per heavy atom. The Balaban J connectivity index is 1.88. The van der Waals surface area contributed by atoms with Crippen LogP contribution in [0.3, 0.4) is 0 Å². The van der Waals surface area contributed by atoms with Crippen LogP contribution < -0.4 is 10.2 Å². The lowest BCUT2D eigenvalue weighted by Gasteiger charge is -2.24. The van der Waals surface area contributed by atoms with Gasteiger partial charge in [0, 0.05) is 29.7 Å². The molecule has 0 radical (unpaired) electrons. The molecule has 2 aromatic rings. The molecular formula is C16H18N2OS. The molecule has 0 saturated heterocycles. The quantitative estimate of drug-likeness (QED) is 0.920. The van der Waals surface area contributed by atoms with E-state index in [1.807, 2.05) is 40.6 Å². The zero-order valence-electron chi connectivity index (χ0n) is 11.5. The first-order chi connectivity index (χ1) is 9.74. The van der Waals surface area contributed by atoms with E-state index in [9.17, 15) is 4.79 Å². The molecule has 104 valence electrons. The highest BCUT2D eigenvalue weighted by Crippen LogP contribution is 2.24. The monoisotopic (exact) mass is 286 g/mol. The summed E-state index contributed by atoms with van der Waals surface area (Å²) in [5.74, 6) is 0.176. The Hall–Kier alpha value is -1.65. The van der Waals surface area contributed by atoms with Crippen LogP contribution >= 0.6 is 11.3 Å². The van der Waals surface area contributed by atoms with Gasteiger partial charge in [-0.3, -0.25) is 4.79 Å². The van der Waals surface area contributed by atoms with Gasteiger partial charge in [0.2, 0.25) is 5.91 Å². The van der Waals surface area contributed by atoms with E-state index in [1.165, 1.54) is 5.56 Å². The van der Waals surface area contributed by atoms with Crippen molar-refractivity contribution >= 4 is 22.9 Å². The minimum Gasteiger partial charge on any atom is -0.310 e. The van der Waals surface area contributed by atoms with Gasteiger partial charge in [0.1, 0.15) is 0 Å². The van der Waals surface area contributed by atoms with Gasteiger partial charge in [-0.2, -0.15) is 0 Å². The molecule has 0 saturated carbocycles. The molecule has 1 unspecified atom stereocenters. The summed E-state index contributed by atoms with van der Waals surface area (Å²) in [6.45, 7) is 3.67. The summed E-state index contributed by atoms with van der Waals surface area (Å²) >= 11 is 1.64. The van der Waals surface area contributed by atoms with Crippen LogP contribution in [0.1, 0.15) is 17.4 Å². The number of rotatable bonds is 2. The van der Waals surface area contributed by atoms with Crippen LogP contribution in [-0.2, 0) is 17.8 Å². The number of nitrogens with zero attached hydrogens (tertiary/aromatic N) is 1. The number of hydrogen-bond acceptors (Lipinski definition) is 3. The second-order valence-corrected chi connectivity index (χ2v) is 6.20. The molecule has 1 atom stereocenters. The van der Waals surface area contributed by atoms with Crippen LogP contribution in [0.25, 0.3) is 0 Å². The zero-order valence-corrected chi connectivity index (χ0v) is 12.3. The molecule has 4 heteroatoms. The summed E-state index contributed by atoms with van der Waals surface area (Å²) in [6.07, 6.45) is 0.485. The third kappa shape index (κ3) is 2.76. The fourth-order valence-electron chi connectivity index (χ4n) is 2.54. The highest BCUT2D eigenvalue weighted by molar-refractivity contribution is 7.10. The predicted molar refractivity (Wildman–Crippen MR) is 83.1 cm³/mol. The third-order valence-corrected chi connectivity index (χ3v) is 4.46. The highest BCUT2D eigenvalue weighted by atomic mass is 32.1. The Morgan fingerprint density at radius 3 is 3.00 bits per heavy atom. The van der Waals surface area contributed by atoms with E-state index in [-0.39, 0.29) is 5.91 Å². The topological polar surface area (TPSA) is 32.3 Å². The van der Waals surface area contributed by atoms with E-state index in [0.717, 1.165) is 23.7 Å². The van der Waals surface area contributed by atoms with E-state index in [0.29, 0.717) is 12.5 Å². The largest absolute Gasteiger partial charge is 0.310 e. The Morgan fingerprint density at radius 2 is 2.20 bits per heavy atom. The number of carbonyl (C=O) groups excluding carboxylic acids is 1. The Bertz CT molecular complexity index is 594. The summed E-state index contributed by atoms with van der Waals surface area (Å²) in [6, 6.07) is 12.5. The van der Waals surface area contributed by atoms with Crippen molar-refractivity contribution in [2.45, 2.75) is 25.9 Å². The molecule has 0 aliphatic carbocycles. The van der Waals surface area contributed by atoms with Gasteiger partial charge in [-0.15, -0.1) is 11.3 Å². The van der Waals surface area contributed by atoms with Gasteiger partial charge in [-0.25, -0.2) is 0 Å². The molecule has 20 heavy (non-hydrogen) atoms. The van der Waals surface area contributed by atoms with E-state index in [4.69, 9.17) is 0 Å². The summed E-state index contributed by atoms with van der Waals surface area (Å²) < 4.78 is 0. The lowest BCUT2D eigenvalue weighted by molar-refractivity contribution is -0.118. The number of hydrogen-bond donors (Lipinski definition) is 1. The van der Waals surface area contributed by atoms with Crippen molar-refractivity contribution in [2.24, 2.45) is 0 Å². The van der Waals surface area contributed by atoms with Gasteiger partial charge in [-0.05, 0) is 30.0 Å². The van der Waals surface area contributed by atoms with Gasteiger partial charge in [-0.1, -0.05) is 24.3 Å². The number of carbonyl (C=O) groups is 1. The highest BCUT2D eigenvalue weighted by Gasteiger charge is 2.23. The van der Waals surface area contributed by atoms with Crippen LogP contribution in [0.15, 0.2) is 41.8 Å². The molecule has 2 heterocycles. The maximum Gasteiger partial charge on any atom is 0.232 e. The van der Waals surface area contributed by atoms with Crippen molar-refractivity contribution in [2.75, 3.05) is 11.4 Å². The van der Waals surface area contributed by atoms with Crippen molar-refractivity contribution in [3.8, 4) is 0 Å². The molecule has 1 aromatic heterocycles. The molecule has 0 spiro atoms. The van der Waals surface area contributed by atoms with Crippen molar-refractivity contribution < 1.29 is 4.79 Å². The number of benzene rings is 1. The number of para-hydroxylation sites is 1. The van der Waals surface area contributed by atoms with Crippen LogP contribution in [0, 0.1) is 0 Å². The van der Waals surface area contributed by atoms with E-state index in [2.05, 4.69) is 18.3 Å². The first-order valence-corrected chi connectivity index (χ1v) is 7.76. The normalized spacial score (nSPS) is 18.4. The number of thiophene rings is 1. The standard InChI is InChI=1S/C16H18N2OS/c1-12-11-18(16(19)9-14-6-4-8-20-14)15-7-3-2-5-13(15)10-17-12/h2-8,12,17H,9-11H2,1H3. The average Bonchev–Trinajstić information content (AvgIpc) is 2.89. The number of anilines is 1. The molecule has 3 nitrogen and oxygen atoms in total. The van der Waals surface area contributed by atoms with E-state index >= 15 is 0 Å². The molecule has 1 N–H and O–H groups in total. The fourth-order valence-corrected chi connectivity index (χ4v) is 3.23. The summed E-state index contributed by atoms with van der Waals surface area (Å²) in [5.41, 5.74) is 2.24.